The lowest BCUT2D eigenvalue weighted by Crippen LogP contribution is -2.43. The van der Waals surface area contributed by atoms with Gasteiger partial charge in [0, 0.05) is 24.8 Å². The Balaban J connectivity index is 1.64. The Hall–Kier alpha value is -2.54. The zero-order chi connectivity index (χ0) is 21.3. The second-order valence-corrected chi connectivity index (χ2v) is 8.36. The molecule has 2 aromatic rings. The molecule has 162 valence electrons. The molecule has 1 aliphatic rings. The number of ether oxygens (including phenoxy) is 2. The van der Waals surface area contributed by atoms with E-state index in [9.17, 15) is 9.59 Å². The molecule has 1 saturated heterocycles. The van der Waals surface area contributed by atoms with E-state index in [0.29, 0.717) is 43.5 Å². The number of thiophene rings is 1. The number of rotatable bonds is 9. The predicted octanol–water partition coefficient (Wildman–Crippen LogP) is 4.82. The predicted molar refractivity (Wildman–Crippen MR) is 120 cm³/mol. The van der Waals surface area contributed by atoms with E-state index < -0.39 is 0 Å². The number of benzene rings is 1. The van der Waals surface area contributed by atoms with Crippen LogP contribution in [-0.2, 0) is 4.79 Å². The van der Waals surface area contributed by atoms with E-state index >= 15 is 0 Å². The van der Waals surface area contributed by atoms with Crippen LogP contribution in [-0.4, -0.2) is 43.0 Å². The first-order chi connectivity index (χ1) is 14.6. The summed E-state index contributed by atoms with van der Waals surface area (Å²) >= 11 is 1.43. The van der Waals surface area contributed by atoms with Crippen LogP contribution in [0.4, 0.5) is 5.69 Å². The Morgan fingerprint density at radius 3 is 2.60 bits per heavy atom. The fourth-order valence-corrected chi connectivity index (χ4v) is 4.11. The van der Waals surface area contributed by atoms with Gasteiger partial charge in [-0.25, -0.2) is 0 Å². The van der Waals surface area contributed by atoms with Crippen molar-refractivity contribution in [1.82, 2.24) is 4.90 Å². The SMILES string of the molecule is CCCOc1ccc(NC(=O)C2CCCN(C(=O)c3cccs3)C2)cc1OCCC. The minimum Gasteiger partial charge on any atom is -0.490 e. The second kappa shape index (κ2) is 11.0. The van der Waals surface area contributed by atoms with Crippen molar-refractivity contribution >= 4 is 28.8 Å². The van der Waals surface area contributed by atoms with Crippen LogP contribution >= 0.6 is 11.3 Å². The molecule has 7 heteroatoms. The fraction of sp³-hybridized carbons (Fsp3) is 0.478. The molecule has 0 saturated carbocycles. The summed E-state index contributed by atoms with van der Waals surface area (Å²) in [6.45, 7) is 6.44. The molecular weight excluding hydrogens is 400 g/mol. The summed E-state index contributed by atoms with van der Waals surface area (Å²) in [6.07, 6.45) is 3.40. The van der Waals surface area contributed by atoms with Gasteiger partial charge in [0.2, 0.25) is 5.91 Å². The van der Waals surface area contributed by atoms with Crippen molar-refractivity contribution in [1.29, 1.82) is 0 Å². The zero-order valence-corrected chi connectivity index (χ0v) is 18.5. The van der Waals surface area contributed by atoms with Gasteiger partial charge in [0.1, 0.15) is 0 Å². The molecule has 30 heavy (non-hydrogen) atoms. The van der Waals surface area contributed by atoms with Gasteiger partial charge in [0.05, 0.1) is 24.0 Å². The highest BCUT2D eigenvalue weighted by Crippen LogP contribution is 2.31. The van der Waals surface area contributed by atoms with Crippen LogP contribution in [0.25, 0.3) is 0 Å². The number of piperidine rings is 1. The molecule has 0 aliphatic carbocycles. The summed E-state index contributed by atoms with van der Waals surface area (Å²) in [6, 6.07) is 9.19. The molecule has 0 radical (unpaired) electrons. The molecule has 6 nitrogen and oxygen atoms in total. The maximum absolute atomic E-state index is 12.9. The monoisotopic (exact) mass is 430 g/mol. The van der Waals surface area contributed by atoms with Crippen molar-refractivity contribution in [3.05, 3.63) is 40.6 Å². The number of nitrogens with zero attached hydrogens (tertiary/aromatic N) is 1. The first-order valence-corrected chi connectivity index (χ1v) is 11.5. The van der Waals surface area contributed by atoms with Gasteiger partial charge >= 0.3 is 0 Å². The third kappa shape index (κ3) is 5.75. The Bertz CT molecular complexity index is 838. The zero-order valence-electron chi connectivity index (χ0n) is 17.7. The molecule has 1 aromatic carbocycles. The lowest BCUT2D eigenvalue weighted by Gasteiger charge is -2.31. The molecule has 1 aromatic heterocycles. The van der Waals surface area contributed by atoms with E-state index in [4.69, 9.17) is 9.47 Å². The Morgan fingerprint density at radius 1 is 1.13 bits per heavy atom. The summed E-state index contributed by atoms with van der Waals surface area (Å²) in [4.78, 5) is 28.0. The third-order valence-corrected chi connectivity index (χ3v) is 5.80. The van der Waals surface area contributed by atoms with Crippen LogP contribution in [0.1, 0.15) is 49.2 Å². The van der Waals surface area contributed by atoms with Gasteiger partial charge in [-0.15, -0.1) is 11.3 Å². The quantitative estimate of drug-likeness (QED) is 0.619. The van der Waals surface area contributed by atoms with Gasteiger partial charge in [0.15, 0.2) is 11.5 Å². The van der Waals surface area contributed by atoms with Crippen LogP contribution in [0.2, 0.25) is 0 Å². The number of likely N-dealkylation sites (tertiary alicyclic amines) is 1. The summed E-state index contributed by atoms with van der Waals surface area (Å²) in [5.41, 5.74) is 0.677. The number of hydrogen-bond donors (Lipinski definition) is 1. The topological polar surface area (TPSA) is 67.9 Å². The van der Waals surface area contributed by atoms with Crippen LogP contribution in [0.5, 0.6) is 11.5 Å². The van der Waals surface area contributed by atoms with E-state index in [0.717, 1.165) is 30.6 Å². The fourth-order valence-electron chi connectivity index (χ4n) is 3.42. The molecule has 1 unspecified atom stereocenters. The standard InChI is InChI=1S/C23H30N2O4S/c1-3-12-28-19-10-9-18(15-20(19)29-13-4-2)24-22(26)17-7-5-11-25(16-17)23(27)21-8-6-14-30-21/h6,8-10,14-15,17H,3-5,7,11-13,16H2,1-2H3,(H,24,26). The van der Waals surface area contributed by atoms with E-state index in [2.05, 4.69) is 12.2 Å². The summed E-state index contributed by atoms with van der Waals surface area (Å²) in [7, 11) is 0. The number of hydrogen-bond acceptors (Lipinski definition) is 5. The Labute approximate surface area is 182 Å². The number of carbonyl (C=O) groups excluding carboxylic acids is 2. The molecule has 2 amide bonds. The normalized spacial score (nSPS) is 16.2. The minimum absolute atomic E-state index is 0.00942. The van der Waals surface area contributed by atoms with Crippen LogP contribution in [0.3, 0.4) is 0 Å². The minimum atomic E-state index is -0.223. The lowest BCUT2D eigenvalue weighted by molar-refractivity contribution is -0.121. The summed E-state index contributed by atoms with van der Waals surface area (Å²) in [5, 5.41) is 4.89. The van der Waals surface area contributed by atoms with Crippen molar-refractivity contribution in [3.8, 4) is 11.5 Å². The molecular formula is C23H30N2O4S. The van der Waals surface area contributed by atoms with Gasteiger partial charge in [-0.3, -0.25) is 9.59 Å². The Morgan fingerprint density at radius 2 is 1.90 bits per heavy atom. The van der Waals surface area contributed by atoms with Crippen molar-refractivity contribution < 1.29 is 19.1 Å². The summed E-state index contributed by atoms with van der Waals surface area (Å²) in [5.74, 6) is 1.05. The molecule has 1 fully saturated rings. The molecule has 1 N–H and O–H groups in total. The first-order valence-electron chi connectivity index (χ1n) is 10.7. The smallest absolute Gasteiger partial charge is 0.263 e. The van der Waals surface area contributed by atoms with E-state index in [1.165, 1.54) is 11.3 Å². The van der Waals surface area contributed by atoms with Crippen molar-refractivity contribution in [2.24, 2.45) is 5.92 Å². The number of anilines is 1. The number of nitrogens with one attached hydrogen (secondary N) is 1. The Kier molecular flexibility index (Phi) is 8.13. The highest BCUT2D eigenvalue weighted by molar-refractivity contribution is 7.12. The largest absolute Gasteiger partial charge is 0.490 e. The van der Waals surface area contributed by atoms with Crippen molar-refractivity contribution in [3.63, 3.8) is 0 Å². The van der Waals surface area contributed by atoms with E-state index in [1.54, 1.807) is 4.90 Å². The maximum Gasteiger partial charge on any atom is 0.263 e. The van der Waals surface area contributed by atoms with Gasteiger partial charge in [-0.05, 0) is 49.3 Å². The van der Waals surface area contributed by atoms with Crippen molar-refractivity contribution in [2.75, 3.05) is 31.6 Å². The molecule has 3 rings (SSSR count). The third-order valence-electron chi connectivity index (χ3n) is 4.95. The van der Waals surface area contributed by atoms with Gasteiger partial charge < -0.3 is 19.7 Å². The molecule has 2 heterocycles. The van der Waals surface area contributed by atoms with Crippen LogP contribution in [0, 0.1) is 5.92 Å². The van der Waals surface area contributed by atoms with Crippen LogP contribution in [0.15, 0.2) is 35.7 Å². The maximum atomic E-state index is 12.9. The lowest BCUT2D eigenvalue weighted by atomic mass is 9.97. The van der Waals surface area contributed by atoms with Gasteiger partial charge in [-0.2, -0.15) is 0 Å². The first kappa shape index (κ1) is 22.2. The molecule has 0 spiro atoms. The van der Waals surface area contributed by atoms with Gasteiger partial charge in [-0.1, -0.05) is 19.9 Å². The summed E-state index contributed by atoms with van der Waals surface area (Å²) < 4.78 is 11.6. The van der Waals surface area contributed by atoms with Crippen molar-refractivity contribution in [2.45, 2.75) is 39.5 Å². The van der Waals surface area contributed by atoms with E-state index in [-0.39, 0.29) is 17.7 Å². The highest BCUT2D eigenvalue weighted by atomic mass is 32.1. The molecule has 0 bridgehead atoms. The average Bonchev–Trinajstić information content (AvgIpc) is 3.31. The van der Waals surface area contributed by atoms with E-state index in [1.807, 2.05) is 42.6 Å². The second-order valence-electron chi connectivity index (χ2n) is 7.42. The van der Waals surface area contributed by atoms with Crippen LogP contribution < -0.4 is 14.8 Å². The molecule has 1 aliphatic heterocycles. The van der Waals surface area contributed by atoms with Gasteiger partial charge in [0.25, 0.3) is 5.91 Å². The highest BCUT2D eigenvalue weighted by Gasteiger charge is 2.29. The number of amides is 2. The number of carbonyl (C=O) groups is 2. The average molecular weight is 431 g/mol. The molecule has 1 atom stereocenters.